The monoisotopic (exact) mass is 221 g/mol. The quantitative estimate of drug-likeness (QED) is 0.772. The van der Waals surface area contributed by atoms with E-state index < -0.39 is 0 Å². The summed E-state index contributed by atoms with van der Waals surface area (Å²) in [5.74, 6) is 0.629. The van der Waals surface area contributed by atoms with Crippen LogP contribution in [0.4, 0.5) is 5.95 Å². The first-order valence-electron chi connectivity index (χ1n) is 4.48. The topological polar surface area (TPSA) is 66.5 Å². The van der Waals surface area contributed by atoms with Crippen molar-refractivity contribution in [3.05, 3.63) is 24.2 Å². The van der Waals surface area contributed by atoms with Crippen molar-refractivity contribution in [3.8, 4) is 0 Å². The number of anilines is 1. The van der Waals surface area contributed by atoms with Gasteiger partial charge in [0.25, 0.3) is 0 Å². The van der Waals surface area contributed by atoms with Gasteiger partial charge in [-0.2, -0.15) is 0 Å². The molecule has 15 heavy (non-hydrogen) atoms. The zero-order valence-corrected chi connectivity index (χ0v) is 9.30. The maximum absolute atomic E-state index is 4.31. The van der Waals surface area contributed by atoms with E-state index in [9.17, 15) is 0 Å². The molecule has 6 heteroatoms. The van der Waals surface area contributed by atoms with Crippen LogP contribution in [0.2, 0.25) is 0 Å². The molecule has 78 valence electrons. The third-order valence-electron chi connectivity index (χ3n) is 1.73. The normalized spacial score (nSPS) is 10.3. The Hall–Kier alpha value is -1.56. The number of nitrogens with one attached hydrogen (secondary N) is 2. The third kappa shape index (κ3) is 2.47. The molecule has 0 aromatic carbocycles. The number of aryl methyl sites for hydroxylation is 1. The minimum Gasteiger partial charge on any atom is -0.357 e. The highest BCUT2D eigenvalue weighted by molar-refractivity contribution is 7.99. The highest BCUT2D eigenvalue weighted by Gasteiger charge is 2.04. The Kier molecular flexibility index (Phi) is 2.86. The first-order chi connectivity index (χ1) is 7.28. The van der Waals surface area contributed by atoms with Gasteiger partial charge in [0.15, 0.2) is 5.16 Å². The Balaban J connectivity index is 2.24. The smallest absolute Gasteiger partial charge is 0.223 e. The maximum atomic E-state index is 4.31. The summed E-state index contributed by atoms with van der Waals surface area (Å²) >= 11 is 1.48. The molecule has 0 atom stereocenters. The van der Waals surface area contributed by atoms with E-state index in [2.05, 4.69) is 25.3 Å². The van der Waals surface area contributed by atoms with Crippen LogP contribution in [0, 0.1) is 6.92 Å². The van der Waals surface area contributed by atoms with Gasteiger partial charge in [-0.3, -0.25) is 0 Å². The molecular weight excluding hydrogens is 210 g/mol. The summed E-state index contributed by atoms with van der Waals surface area (Å²) in [7, 11) is 1.80. The van der Waals surface area contributed by atoms with Gasteiger partial charge >= 0.3 is 0 Å². The summed E-state index contributed by atoms with van der Waals surface area (Å²) in [6.45, 7) is 1.94. The minimum atomic E-state index is 0.629. The lowest BCUT2D eigenvalue weighted by atomic mass is 10.5. The van der Waals surface area contributed by atoms with Gasteiger partial charge in [-0.1, -0.05) is 0 Å². The van der Waals surface area contributed by atoms with E-state index in [1.165, 1.54) is 11.8 Å². The van der Waals surface area contributed by atoms with Crippen LogP contribution in [0.1, 0.15) is 5.69 Å². The fourth-order valence-corrected chi connectivity index (χ4v) is 1.91. The van der Waals surface area contributed by atoms with Gasteiger partial charge < -0.3 is 10.3 Å². The molecule has 0 fully saturated rings. The predicted molar refractivity (Wildman–Crippen MR) is 59.0 cm³/mol. The van der Waals surface area contributed by atoms with Crippen LogP contribution in [-0.2, 0) is 0 Å². The molecule has 0 radical (unpaired) electrons. The molecule has 0 aliphatic heterocycles. The number of nitrogens with zero attached hydrogens (tertiary/aromatic N) is 3. The van der Waals surface area contributed by atoms with Crippen molar-refractivity contribution < 1.29 is 0 Å². The van der Waals surface area contributed by atoms with E-state index in [1.807, 2.05) is 13.0 Å². The van der Waals surface area contributed by atoms with Crippen molar-refractivity contribution in [2.24, 2.45) is 0 Å². The highest BCUT2D eigenvalue weighted by atomic mass is 32.2. The van der Waals surface area contributed by atoms with Crippen LogP contribution < -0.4 is 5.32 Å². The Morgan fingerprint density at radius 1 is 1.40 bits per heavy atom. The molecule has 5 nitrogen and oxygen atoms in total. The number of hydrogen-bond donors (Lipinski definition) is 2. The van der Waals surface area contributed by atoms with Crippen LogP contribution in [0.5, 0.6) is 0 Å². The lowest BCUT2D eigenvalue weighted by Crippen LogP contribution is -1.98. The van der Waals surface area contributed by atoms with E-state index in [-0.39, 0.29) is 0 Å². The number of aromatic amines is 1. The van der Waals surface area contributed by atoms with Crippen molar-refractivity contribution in [1.29, 1.82) is 0 Å². The molecule has 2 N–H and O–H groups in total. The van der Waals surface area contributed by atoms with Gasteiger partial charge in [0, 0.05) is 25.1 Å². The third-order valence-corrected chi connectivity index (χ3v) is 2.56. The molecule has 0 aliphatic rings. The van der Waals surface area contributed by atoms with Crippen LogP contribution in [0.3, 0.4) is 0 Å². The molecule has 0 unspecified atom stereocenters. The van der Waals surface area contributed by atoms with Gasteiger partial charge in [-0.25, -0.2) is 15.0 Å². The Bertz CT molecular complexity index is 440. The minimum absolute atomic E-state index is 0.629. The largest absolute Gasteiger partial charge is 0.357 e. The van der Waals surface area contributed by atoms with Crippen molar-refractivity contribution >= 4 is 17.7 Å². The van der Waals surface area contributed by atoms with E-state index >= 15 is 0 Å². The van der Waals surface area contributed by atoms with Crippen molar-refractivity contribution in [3.63, 3.8) is 0 Å². The zero-order chi connectivity index (χ0) is 10.7. The molecule has 2 rings (SSSR count). The summed E-state index contributed by atoms with van der Waals surface area (Å²) in [5.41, 5.74) is 0.934. The molecular formula is C9H11N5S. The van der Waals surface area contributed by atoms with Crippen molar-refractivity contribution in [2.45, 2.75) is 17.1 Å². The van der Waals surface area contributed by atoms with Gasteiger partial charge in [0.2, 0.25) is 5.95 Å². The molecule has 2 heterocycles. The van der Waals surface area contributed by atoms with Crippen molar-refractivity contribution in [1.82, 2.24) is 19.9 Å². The lowest BCUT2D eigenvalue weighted by molar-refractivity contribution is 0.992. The molecule has 2 aromatic heterocycles. The van der Waals surface area contributed by atoms with Crippen molar-refractivity contribution in [2.75, 3.05) is 12.4 Å². The van der Waals surface area contributed by atoms with E-state index in [0.29, 0.717) is 5.95 Å². The molecule has 0 aliphatic carbocycles. The standard InChI is InChI=1S/C9H11N5S/c1-6-5-7(14-8(10-2)13-6)15-9-11-3-4-12-9/h3-5H,1-2H3,(H,11,12)(H,10,13,14). The van der Waals surface area contributed by atoms with Crippen LogP contribution in [0.25, 0.3) is 0 Å². The number of aromatic nitrogens is 4. The van der Waals surface area contributed by atoms with Crippen LogP contribution in [-0.4, -0.2) is 27.0 Å². The Morgan fingerprint density at radius 2 is 2.27 bits per heavy atom. The molecule has 2 aromatic rings. The average molecular weight is 221 g/mol. The van der Waals surface area contributed by atoms with Crippen LogP contribution in [0.15, 0.2) is 28.6 Å². The summed E-state index contributed by atoms with van der Waals surface area (Å²) in [4.78, 5) is 15.7. The van der Waals surface area contributed by atoms with Crippen LogP contribution >= 0.6 is 11.8 Å². The van der Waals surface area contributed by atoms with E-state index in [4.69, 9.17) is 0 Å². The SMILES string of the molecule is CNc1nc(C)cc(Sc2ncc[nH]2)n1. The molecule has 0 saturated heterocycles. The lowest BCUT2D eigenvalue weighted by Gasteiger charge is -2.02. The highest BCUT2D eigenvalue weighted by Crippen LogP contribution is 2.23. The van der Waals surface area contributed by atoms with E-state index in [0.717, 1.165) is 15.9 Å². The second-order valence-corrected chi connectivity index (χ2v) is 3.93. The Morgan fingerprint density at radius 3 is 2.93 bits per heavy atom. The van der Waals surface area contributed by atoms with Gasteiger partial charge in [0.1, 0.15) is 5.03 Å². The summed E-state index contributed by atoms with van der Waals surface area (Å²) < 4.78 is 0. The number of imidazole rings is 1. The average Bonchev–Trinajstić information content (AvgIpc) is 2.69. The number of H-pyrrole nitrogens is 1. The van der Waals surface area contributed by atoms with E-state index in [1.54, 1.807) is 19.4 Å². The summed E-state index contributed by atoms with van der Waals surface area (Å²) in [5, 5.41) is 4.63. The number of rotatable bonds is 3. The molecule has 0 saturated carbocycles. The number of hydrogen-bond acceptors (Lipinski definition) is 5. The fourth-order valence-electron chi connectivity index (χ4n) is 1.11. The maximum Gasteiger partial charge on any atom is 0.223 e. The first-order valence-corrected chi connectivity index (χ1v) is 5.30. The Labute approximate surface area is 91.8 Å². The second kappa shape index (κ2) is 4.31. The van der Waals surface area contributed by atoms with Gasteiger partial charge in [-0.15, -0.1) is 0 Å². The first kappa shape index (κ1) is 9.97. The zero-order valence-electron chi connectivity index (χ0n) is 8.48. The van der Waals surface area contributed by atoms with Gasteiger partial charge in [-0.05, 0) is 24.8 Å². The molecule has 0 amide bonds. The summed E-state index contributed by atoms with van der Waals surface area (Å²) in [6, 6.07) is 1.92. The second-order valence-electron chi connectivity index (χ2n) is 2.92. The fraction of sp³-hybridized carbons (Fsp3) is 0.222. The molecule has 0 spiro atoms. The van der Waals surface area contributed by atoms with Gasteiger partial charge in [0.05, 0.1) is 0 Å². The predicted octanol–water partition coefficient (Wildman–Crippen LogP) is 1.70. The summed E-state index contributed by atoms with van der Waals surface area (Å²) in [6.07, 6.45) is 3.50. The molecule has 0 bridgehead atoms.